The van der Waals surface area contributed by atoms with Crippen molar-refractivity contribution < 1.29 is 14.3 Å². The lowest BCUT2D eigenvalue weighted by molar-refractivity contribution is -0.155. The van der Waals surface area contributed by atoms with Gasteiger partial charge in [0.15, 0.2) is 0 Å². The number of hydrogen-bond donors (Lipinski definition) is 0. The van der Waals surface area contributed by atoms with Crippen molar-refractivity contribution in [2.75, 3.05) is 13.7 Å². The van der Waals surface area contributed by atoms with Crippen LogP contribution in [0, 0.1) is 5.92 Å². The molecular formula is C19H28BrNO3. The molecule has 0 N–H and O–H groups in total. The quantitative estimate of drug-likeness (QED) is 0.586. The molecule has 0 aliphatic rings. The Morgan fingerprint density at radius 2 is 1.83 bits per heavy atom. The molecule has 5 heteroatoms. The Bertz CT molecular complexity index is 528. The first-order valence-corrected chi connectivity index (χ1v) is 9.31. The van der Waals surface area contributed by atoms with Gasteiger partial charge in [0.25, 0.3) is 0 Å². The Morgan fingerprint density at radius 3 is 2.33 bits per heavy atom. The molecule has 0 saturated heterocycles. The van der Waals surface area contributed by atoms with E-state index in [1.54, 1.807) is 4.90 Å². The summed E-state index contributed by atoms with van der Waals surface area (Å²) in [6, 6.07) is 7.50. The predicted octanol–water partition coefficient (Wildman–Crippen LogP) is 4.21. The fourth-order valence-corrected chi connectivity index (χ4v) is 2.94. The number of ether oxygens (including phenoxy) is 1. The third-order valence-electron chi connectivity index (χ3n) is 4.03. The molecule has 0 spiro atoms. The van der Waals surface area contributed by atoms with Crippen LogP contribution in [-0.2, 0) is 20.7 Å². The largest absolute Gasteiger partial charge is 0.467 e. The fraction of sp³-hybridized carbons (Fsp3) is 0.579. The molecule has 0 aliphatic carbocycles. The van der Waals surface area contributed by atoms with E-state index in [9.17, 15) is 9.59 Å². The van der Waals surface area contributed by atoms with Crippen LogP contribution in [0.1, 0.15) is 45.6 Å². The van der Waals surface area contributed by atoms with Gasteiger partial charge in [-0.3, -0.25) is 4.79 Å². The van der Waals surface area contributed by atoms with E-state index in [1.807, 2.05) is 38.1 Å². The van der Waals surface area contributed by atoms with Crippen LogP contribution in [0.3, 0.4) is 0 Å². The first-order valence-electron chi connectivity index (χ1n) is 8.52. The maximum atomic E-state index is 12.7. The predicted molar refractivity (Wildman–Crippen MR) is 99.7 cm³/mol. The third kappa shape index (κ3) is 6.27. The first-order chi connectivity index (χ1) is 11.4. The highest BCUT2D eigenvalue weighted by Crippen LogP contribution is 2.17. The van der Waals surface area contributed by atoms with Gasteiger partial charge in [-0.05, 0) is 36.5 Å². The average Bonchev–Trinajstić information content (AvgIpc) is 2.56. The number of halogens is 1. The molecular weight excluding hydrogens is 370 g/mol. The van der Waals surface area contributed by atoms with Gasteiger partial charge in [0.2, 0.25) is 5.91 Å². The highest BCUT2D eigenvalue weighted by atomic mass is 79.9. The molecule has 24 heavy (non-hydrogen) atoms. The molecule has 4 nitrogen and oxygen atoms in total. The van der Waals surface area contributed by atoms with E-state index in [0.29, 0.717) is 19.4 Å². The van der Waals surface area contributed by atoms with Crippen molar-refractivity contribution in [1.29, 1.82) is 0 Å². The van der Waals surface area contributed by atoms with Crippen LogP contribution in [0.25, 0.3) is 0 Å². The van der Waals surface area contributed by atoms with Gasteiger partial charge in [0, 0.05) is 17.4 Å². The summed E-state index contributed by atoms with van der Waals surface area (Å²) in [5.74, 6) is -0.309. The number of benzene rings is 1. The summed E-state index contributed by atoms with van der Waals surface area (Å²) in [6.45, 7) is 6.46. The van der Waals surface area contributed by atoms with Gasteiger partial charge in [-0.15, -0.1) is 0 Å². The molecule has 0 fully saturated rings. The molecule has 1 aromatic carbocycles. The van der Waals surface area contributed by atoms with Crippen molar-refractivity contribution in [3.05, 3.63) is 34.3 Å². The summed E-state index contributed by atoms with van der Waals surface area (Å²) in [5.41, 5.74) is 1.14. The minimum absolute atomic E-state index is 0.00736. The second-order valence-electron chi connectivity index (χ2n) is 6.28. The molecule has 0 unspecified atom stereocenters. The molecule has 0 heterocycles. The standard InChI is InChI=1S/C19H28BrNO3/c1-5-6-7-17(22)21(18(14(2)3)19(23)24-4)13-12-15-8-10-16(20)11-9-15/h8-11,14,18H,5-7,12-13H2,1-4H3/t18-/m0/s1. The van der Waals surface area contributed by atoms with Gasteiger partial charge in [-0.25, -0.2) is 4.79 Å². The lowest BCUT2D eigenvalue weighted by Gasteiger charge is -2.32. The zero-order chi connectivity index (χ0) is 18.1. The molecule has 1 amide bonds. The number of rotatable bonds is 9. The van der Waals surface area contributed by atoms with Crippen molar-refractivity contribution in [2.45, 2.75) is 52.5 Å². The van der Waals surface area contributed by atoms with Crippen molar-refractivity contribution in [3.63, 3.8) is 0 Å². The Labute approximate surface area is 153 Å². The zero-order valence-corrected chi connectivity index (χ0v) is 16.6. The lowest BCUT2D eigenvalue weighted by Crippen LogP contribution is -2.49. The van der Waals surface area contributed by atoms with Crippen LogP contribution in [0.5, 0.6) is 0 Å². The number of nitrogens with zero attached hydrogens (tertiary/aromatic N) is 1. The van der Waals surface area contributed by atoms with Crippen molar-refractivity contribution in [1.82, 2.24) is 4.90 Å². The third-order valence-corrected chi connectivity index (χ3v) is 4.56. The van der Waals surface area contributed by atoms with Crippen molar-refractivity contribution in [2.24, 2.45) is 5.92 Å². The first kappa shape index (κ1) is 20.7. The number of carbonyl (C=O) groups is 2. The van der Waals surface area contributed by atoms with Crippen molar-refractivity contribution in [3.8, 4) is 0 Å². The second kappa shape index (κ2) is 10.5. The molecule has 0 bridgehead atoms. The smallest absolute Gasteiger partial charge is 0.328 e. The van der Waals surface area contributed by atoms with E-state index in [0.717, 1.165) is 22.9 Å². The minimum atomic E-state index is -0.533. The summed E-state index contributed by atoms with van der Waals surface area (Å²) < 4.78 is 5.96. The minimum Gasteiger partial charge on any atom is -0.467 e. The highest BCUT2D eigenvalue weighted by Gasteiger charge is 2.32. The SMILES string of the molecule is CCCCC(=O)N(CCc1ccc(Br)cc1)[C@H](C(=O)OC)C(C)C. The number of hydrogen-bond acceptors (Lipinski definition) is 3. The summed E-state index contributed by atoms with van der Waals surface area (Å²) in [4.78, 5) is 26.6. The van der Waals surface area contributed by atoms with Crippen LogP contribution in [-0.4, -0.2) is 36.5 Å². The molecule has 0 aliphatic heterocycles. The van der Waals surface area contributed by atoms with Crippen LogP contribution < -0.4 is 0 Å². The fourth-order valence-electron chi connectivity index (χ4n) is 2.67. The van der Waals surface area contributed by atoms with Crippen molar-refractivity contribution >= 4 is 27.8 Å². The van der Waals surface area contributed by atoms with Crippen LogP contribution in [0.15, 0.2) is 28.7 Å². The van der Waals surface area contributed by atoms with Gasteiger partial charge < -0.3 is 9.64 Å². The Morgan fingerprint density at radius 1 is 1.21 bits per heavy atom. The number of esters is 1. The molecule has 1 atom stereocenters. The lowest BCUT2D eigenvalue weighted by atomic mass is 10.0. The van der Waals surface area contributed by atoms with Gasteiger partial charge in [0.05, 0.1) is 7.11 Å². The van der Waals surface area contributed by atoms with Gasteiger partial charge >= 0.3 is 5.97 Å². The molecule has 0 aromatic heterocycles. The van der Waals surface area contributed by atoms with Gasteiger partial charge in [-0.1, -0.05) is 55.3 Å². The number of carbonyl (C=O) groups excluding carboxylic acids is 2. The molecule has 1 rings (SSSR count). The highest BCUT2D eigenvalue weighted by molar-refractivity contribution is 9.10. The van der Waals surface area contributed by atoms with Crippen LogP contribution in [0.2, 0.25) is 0 Å². The summed E-state index contributed by atoms with van der Waals surface area (Å²) in [7, 11) is 1.38. The van der Waals surface area contributed by atoms with Gasteiger partial charge in [0.1, 0.15) is 6.04 Å². The van der Waals surface area contributed by atoms with E-state index in [-0.39, 0.29) is 17.8 Å². The maximum absolute atomic E-state index is 12.7. The molecule has 0 radical (unpaired) electrons. The molecule has 1 aromatic rings. The maximum Gasteiger partial charge on any atom is 0.328 e. The summed E-state index contributed by atoms with van der Waals surface area (Å²) >= 11 is 3.42. The van der Waals surface area contributed by atoms with E-state index in [1.165, 1.54) is 7.11 Å². The monoisotopic (exact) mass is 397 g/mol. The van der Waals surface area contributed by atoms with E-state index < -0.39 is 6.04 Å². The second-order valence-corrected chi connectivity index (χ2v) is 7.19. The molecule has 134 valence electrons. The average molecular weight is 398 g/mol. The number of unbranched alkanes of at least 4 members (excludes halogenated alkanes) is 1. The Hall–Kier alpha value is -1.36. The van der Waals surface area contributed by atoms with E-state index >= 15 is 0 Å². The van der Waals surface area contributed by atoms with Crippen LogP contribution >= 0.6 is 15.9 Å². The number of methoxy groups -OCH3 is 1. The molecule has 0 saturated carbocycles. The summed E-state index contributed by atoms with van der Waals surface area (Å²) in [6.07, 6.45) is 2.97. The van der Waals surface area contributed by atoms with E-state index in [2.05, 4.69) is 22.9 Å². The summed E-state index contributed by atoms with van der Waals surface area (Å²) in [5, 5.41) is 0. The van der Waals surface area contributed by atoms with Crippen LogP contribution in [0.4, 0.5) is 0 Å². The Balaban J connectivity index is 2.92. The van der Waals surface area contributed by atoms with Gasteiger partial charge in [-0.2, -0.15) is 0 Å². The Kier molecular flexibility index (Phi) is 9.04. The zero-order valence-electron chi connectivity index (χ0n) is 15.0. The number of amides is 1. The normalized spacial score (nSPS) is 12.1. The topological polar surface area (TPSA) is 46.6 Å². The van der Waals surface area contributed by atoms with E-state index in [4.69, 9.17) is 4.74 Å².